The van der Waals surface area contributed by atoms with Gasteiger partial charge in [0, 0.05) is 13.0 Å². The van der Waals surface area contributed by atoms with Gasteiger partial charge >= 0.3 is 7.20 Å². The minimum absolute atomic E-state index is 0.0243. The van der Waals surface area contributed by atoms with Gasteiger partial charge in [0.1, 0.15) is 18.6 Å². The van der Waals surface area contributed by atoms with E-state index in [1.807, 2.05) is 0 Å². The van der Waals surface area contributed by atoms with Crippen molar-refractivity contribution in [2.24, 2.45) is 0 Å². The lowest BCUT2D eigenvalue weighted by Gasteiger charge is -2.36. The van der Waals surface area contributed by atoms with E-state index in [2.05, 4.69) is 23.8 Å². The summed E-state index contributed by atoms with van der Waals surface area (Å²) in [7, 11) is 1.21. The number of ether oxygens (including phenoxy) is 3. The highest BCUT2D eigenvalue weighted by Gasteiger charge is 2.32. The summed E-state index contributed by atoms with van der Waals surface area (Å²) in [5, 5.41) is 9.08. The van der Waals surface area contributed by atoms with E-state index in [1.54, 1.807) is 0 Å². The van der Waals surface area contributed by atoms with E-state index in [4.69, 9.17) is 28.4 Å². The average Bonchev–Trinajstić information content (AvgIpc) is 3.14. The van der Waals surface area contributed by atoms with E-state index >= 15 is 0 Å². The molecule has 10 heteroatoms. The Kier molecular flexibility index (Phi) is 8.64. The molecule has 27 heavy (non-hydrogen) atoms. The summed E-state index contributed by atoms with van der Waals surface area (Å²) in [5.74, 6) is 0.259. The molecule has 7 nitrogen and oxygen atoms in total. The summed E-state index contributed by atoms with van der Waals surface area (Å²) in [6.45, 7) is 5.22. The molecule has 0 amide bonds. The molecular formula is C17H27BNO6PS. The SMILES string of the molecule is C=C1C[C@H](C[C@@H]2CCO[C@H](c3coc(CO)n3)O2)O[C@@H](CCOBPS)C1. The molecule has 150 valence electrons. The monoisotopic (exact) mass is 415 g/mol. The van der Waals surface area contributed by atoms with Crippen molar-refractivity contribution >= 4 is 27.1 Å². The van der Waals surface area contributed by atoms with E-state index in [9.17, 15) is 0 Å². The lowest BCUT2D eigenvalue weighted by Crippen LogP contribution is -2.35. The molecule has 0 bridgehead atoms. The summed E-state index contributed by atoms with van der Waals surface area (Å²) < 4.78 is 28.7. The van der Waals surface area contributed by atoms with Crippen molar-refractivity contribution in [3.8, 4) is 0 Å². The van der Waals surface area contributed by atoms with Crippen molar-refractivity contribution < 1.29 is 28.4 Å². The molecule has 1 unspecified atom stereocenters. The molecule has 2 fully saturated rings. The summed E-state index contributed by atoms with van der Waals surface area (Å²) >= 11 is 4.17. The highest BCUT2D eigenvalue weighted by atomic mass is 32.7. The quantitative estimate of drug-likeness (QED) is 0.211. The van der Waals surface area contributed by atoms with Crippen LogP contribution in [0.2, 0.25) is 0 Å². The molecule has 1 N–H and O–H groups in total. The van der Waals surface area contributed by atoms with Crippen LogP contribution >= 0.6 is 19.9 Å². The smallest absolute Gasteiger partial charge is 0.310 e. The van der Waals surface area contributed by atoms with Gasteiger partial charge in [0.2, 0.25) is 12.2 Å². The van der Waals surface area contributed by atoms with Crippen LogP contribution in [0, 0.1) is 0 Å². The second-order valence-corrected chi connectivity index (χ2v) is 8.40. The molecule has 3 rings (SSSR count). The fraction of sp³-hybridized carbons (Fsp3) is 0.706. The molecule has 2 aliphatic rings. The molecule has 2 saturated heterocycles. The van der Waals surface area contributed by atoms with Crippen molar-refractivity contribution in [3.05, 3.63) is 30.0 Å². The third-order valence-corrected chi connectivity index (χ3v) is 5.39. The van der Waals surface area contributed by atoms with Gasteiger partial charge in [0.05, 0.1) is 24.9 Å². The number of aromatic nitrogens is 1. The van der Waals surface area contributed by atoms with Gasteiger partial charge < -0.3 is 28.4 Å². The molecule has 0 aromatic carbocycles. The Hall–Kier alpha value is -0.405. The van der Waals surface area contributed by atoms with Gasteiger partial charge in [-0.3, -0.25) is 0 Å². The second-order valence-electron chi connectivity index (χ2n) is 6.85. The summed E-state index contributed by atoms with van der Waals surface area (Å²) in [6, 6.07) is 0. The number of aliphatic hydroxyl groups is 1. The van der Waals surface area contributed by atoms with Gasteiger partial charge in [-0.25, -0.2) is 4.98 Å². The highest BCUT2D eigenvalue weighted by molar-refractivity contribution is 8.46. The largest absolute Gasteiger partial charge is 0.446 e. The molecule has 0 radical (unpaired) electrons. The Labute approximate surface area is 167 Å². The Morgan fingerprint density at radius 1 is 1.33 bits per heavy atom. The Bertz CT molecular complexity index is 606. The van der Waals surface area contributed by atoms with Crippen molar-refractivity contribution in [2.75, 3.05) is 13.2 Å². The molecule has 5 atom stereocenters. The van der Waals surface area contributed by atoms with Crippen molar-refractivity contribution in [2.45, 2.75) is 63.3 Å². The lowest BCUT2D eigenvalue weighted by molar-refractivity contribution is -0.227. The standard InChI is InChI=1S/C17H27BNO6PS/c1-11-6-12(3-5-23-18-26-27)24-14(7-11)8-13-2-4-21-17(25-13)15-10-22-16(9-20)19-15/h10,12-14,17-18,20,26-27H,1-9H2/t12-,13-,14+,17-/m0/s1. The zero-order chi connectivity index (χ0) is 19.1. The lowest BCUT2D eigenvalue weighted by atomic mass is 9.94. The average molecular weight is 415 g/mol. The number of rotatable bonds is 9. The minimum Gasteiger partial charge on any atom is -0.446 e. The number of hydrogen-bond acceptors (Lipinski definition) is 8. The number of oxazole rings is 1. The van der Waals surface area contributed by atoms with E-state index in [0.717, 1.165) is 32.1 Å². The Morgan fingerprint density at radius 2 is 2.19 bits per heavy atom. The zero-order valence-corrected chi connectivity index (χ0v) is 17.2. The Balaban J connectivity index is 1.48. The summed E-state index contributed by atoms with van der Waals surface area (Å²) in [5.41, 5.74) is 1.78. The predicted octanol–water partition coefficient (Wildman–Crippen LogP) is 2.66. The number of aliphatic hydroxyl groups excluding tert-OH is 1. The maximum atomic E-state index is 9.08. The summed E-state index contributed by atoms with van der Waals surface area (Å²) in [4.78, 5) is 4.18. The molecule has 0 aliphatic carbocycles. The fourth-order valence-corrected chi connectivity index (χ4v) is 3.96. The third kappa shape index (κ3) is 6.56. The topological polar surface area (TPSA) is 83.2 Å². The van der Waals surface area contributed by atoms with Crippen molar-refractivity contribution in [1.29, 1.82) is 0 Å². The second kappa shape index (κ2) is 11.0. The maximum absolute atomic E-state index is 9.08. The molecule has 0 spiro atoms. The van der Waals surface area contributed by atoms with E-state index in [-0.39, 0.29) is 30.8 Å². The fourth-order valence-electron chi connectivity index (χ4n) is 3.45. The van der Waals surface area contributed by atoms with Gasteiger partial charge in [-0.15, -0.1) is 0 Å². The Morgan fingerprint density at radius 3 is 2.96 bits per heavy atom. The van der Waals surface area contributed by atoms with Crippen LogP contribution in [0.25, 0.3) is 0 Å². The van der Waals surface area contributed by atoms with E-state index in [0.29, 0.717) is 33.8 Å². The first-order valence-corrected chi connectivity index (χ1v) is 11.8. The van der Waals surface area contributed by atoms with Crippen LogP contribution in [-0.4, -0.2) is 48.8 Å². The number of thiol groups is 1. The molecule has 0 saturated carbocycles. The molecule has 3 heterocycles. The van der Waals surface area contributed by atoms with E-state index < -0.39 is 6.29 Å². The first-order chi connectivity index (χ1) is 13.2. The van der Waals surface area contributed by atoms with Crippen LogP contribution < -0.4 is 0 Å². The van der Waals surface area contributed by atoms with Gasteiger partial charge in [-0.1, -0.05) is 19.8 Å². The highest BCUT2D eigenvalue weighted by Crippen LogP contribution is 2.32. The normalized spacial score (nSPS) is 29.5. The van der Waals surface area contributed by atoms with Crippen LogP contribution in [0.1, 0.15) is 50.0 Å². The van der Waals surface area contributed by atoms with Crippen LogP contribution in [0.4, 0.5) is 0 Å². The number of nitrogens with zero attached hydrogens (tertiary/aromatic N) is 1. The zero-order valence-electron chi connectivity index (χ0n) is 15.3. The molecule has 1 aromatic rings. The van der Waals surface area contributed by atoms with Crippen LogP contribution in [-0.2, 0) is 25.5 Å². The first-order valence-electron chi connectivity index (χ1n) is 9.27. The third-order valence-electron chi connectivity index (χ3n) is 4.67. The number of hydrogen-bond donors (Lipinski definition) is 2. The minimum atomic E-state index is -0.564. The van der Waals surface area contributed by atoms with Gasteiger partial charge in [0.25, 0.3) is 0 Å². The van der Waals surface area contributed by atoms with Gasteiger partial charge in [-0.05, 0) is 25.7 Å². The van der Waals surface area contributed by atoms with Gasteiger partial charge in [-0.2, -0.15) is 12.2 Å². The molecular weight excluding hydrogens is 388 g/mol. The molecule has 2 aliphatic heterocycles. The van der Waals surface area contributed by atoms with Crippen LogP contribution in [0.5, 0.6) is 0 Å². The molecule has 1 aromatic heterocycles. The van der Waals surface area contributed by atoms with Crippen LogP contribution in [0.3, 0.4) is 0 Å². The van der Waals surface area contributed by atoms with Crippen LogP contribution in [0.15, 0.2) is 22.8 Å². The first kappa shape index (κ1) is 21.3. The van der Waals surface area contributed by atoms with E-state index in [1.165, 1.54) is 11.8 Å². The predicted molar refractivity (Wildman–Crippen MR) is 107 cm³/mol. The summed E-state index contributed by atoms with van der Waals surface area (Å²) in [6.07, 6.45) is 5.40. The van der Waals surface area contributed by atoms with Gasteiger partial charge in [0.15, 0.2) is 0 Å². The van der Waals surface area contributed by atoms with Crippen molar-refractivity contribution in [3.63, 3.8) is 0 Å². The van der Waals surface area contributed by atoms with Crippen molar-refractivity contribution in [1.82, 2.24) is 4.98 Å². The maximum Gasteiger partial charge on any atom is 0.310 e.